The summed E-state index contributed by atoms with van der Waals surface area (Å²) in [5, 5.41) is 18.5. The van der Waals surface area contributed by atoms with Gasteiger partial charge in [-0.15, -0.1) is 0 Å². The summed E-state index contributed by atoms with van der Waals surface area (Å²) in [6, 6.07) is 15.8. The minimum Gasteiger partial charge on any atom is -0.379 e. The van der Waals surface area contributed by atoms with Gasteiger partial charge >= 0.3 is 0 Å². The van der Waals surface area contributed by atoms with Crippen molar-refractivity contribution in [3.8, 4) is 12.1 Å². The Morgan fingerprint density at radius 1 is 1.05 bits per heavy atom. The van der Waals surface area contributed by atoms with E-state index in [2.05, 4.69) is 11.8 Å². The third kappa shape index (κ3) is 7.47. The Labute approximate surface area is 245 Å². The van der Waals surface area contributed by atoms with Crippen molar-refractivity contribution in [2.45, 2.75) is 37.5 Å². The van der Waals surface area contributed by atoms with Crippen molar-refractivity contribution in [2.24, 2.45) is 0 Å². The first-order valence-electron chi connectivity index (χ1n) is 13.7. The highest BCUT2D eigenvalue weighted by Crippen LogP contribution is 2.32. The number of amides is 1. The summed E-state index contributed by atoms with van der Waals surface area (Å²) in [4.78, 5) is 22.8. The molecule has 0 bridgehead atoms. The number of sulfonamides is 1. The van der Waals surface area contributed by atoms with Gasteiger partial charge in [0.05, 0.1) is 40.5 Å². The Balaban J connectivity index is 1.59. The average molecular weight is 595 g/mol. The SMILES string of the molecule is CCc1cccc2sc(N(CCCN3CCOCC3)C(=O)c3ccc(S(=O)(=O)N(CCC#N)CCC#N)cc3)nc12. The van der Waals surface area contributed by atoms with Gasteiger partial charge in [0, 0.05) is 57.7 Å². The summed E-state index contributed by atoms with van der Waals surface area (Å²) in [5.74, 6) is -0.251. The Hall–Kier alpha value is -3.39. The zero-order chi connectivity index (χ0) is 29.2. The number of aryl methyl sites for hydroxylation is 1. The maximum absolute atomic E-state index is 13.9. The lowest BCUT2D eigenvalue weighted by atomic mass is 10.1. The maximum atomic E-state index is 13.9. The monoisotopic (exact) mass is 594 g/mol. The van der Waals surface area contributed by atoms with Crippen LogP contribution in [-0.4, -0.2) is 81.0 Å². The van der Waals surface area contributed by atoms with Gasteiger partial charge in [-0.1, -0.05) is 30.4 Å². The van der Waals surface area contributed by atoms with E-state index in [1.807, 2.05) is 30.3 Å². The van der Waals surface area contributed by atoms with Crippen molar-refractivity contribution in [3.05, 3.63) is 53.6 Å². The fraction of sp³-hybridized carbons (Fsp3) is 0.448. The van der Waals surface area contributed by atoms with Gasteiger partial charge < -0.3 is 4.74 Å². The minimum atomic E-state index is -3.93. The van der Waals surface area contributed by atoms with E-state index in [-0.39, 0.29) is 36.7 Å². The minimum absolute atomic E-state index is 0.00449. The number of para-hydroxylation sites is 1. The third-order valence-electron chi connectivity index (χ3n) is 6.99. The van der Waals surface area contributed by atoms with Crippen molar-refractivity contribution in [3.63, 3.8) is 0 Å². The first-order chi connectivity index (χ1) is 19.9. The second-order valence-electron chi connectivity index (χ2n) is 9.62. The maximum Gasteiger partial charge on any atom is 0.260 e. The lowest BCUT2D eigenvalue weighted by molar-refractivity contribution is 0.0376. The second kappa shape index (κ2) is 14.5. The fourth-order valence-electron chi connectivity index (χ4n) is 4.73. The van der Waals surface area contributed by atoms with E-state index in [4.69, 9.17) is 20.2 Å². The highest BCUT2D eigenvalue weighted by molar-refractivity contribution is 7.89. The van der Waals surface area contributed by atoms with Gasteiger partial charge in [0.1, 0.15) is 0 Å². The van der Waals surface area contributed by atoms with E-state index < -0.39 is 10.0 Å². The van der Waals surface area contributed by atoms with Crippen molar-refractivity contribution >= 4 is 42.6 Å². The molecule has 10 nitrogen and oxygen atoms in total. The number of hydrogen-bond donors (Lipinski definition) is 0. The number of ether oxygens (including phenoxy) is 1. The first-order valence-corrected chi connectivity index (χ1v) is 16.0. The molecular weight excluding hydrogens is 560 g/mol. The lowest BCUT2D eigenvalue weighted by Crippen LogP contribution is -2.39. The van der Waals surface area contributed by atoms with Crippen LogP contribution >= 0.6 is 11.3 Å². The van der Waals surface area contributed by atoms with E-state index in [9.17, 15) is 13.2 Å². The largest absolute Gasteiger partial charge is 0.379 e. The lowest BCUT2D eigenvalue weighted by Gasteiger charge is -2.27. The number of nitrogens with zero attached hydrogens (tertiary/aromatic N) is 6. The van der Waals surface area contributed by atoms with Crippen LogP contribution in [0.3, 0.4) is 0 Å². The smallest absolute Gasteiger partial charge is 0.260 e. The van der Waals surface area contributed by atoms with Crippen LogP contribution in [0.5, 0.6) is 0 Å². The number of benzene rings is 2. The molecule has 2 heterocycles. The van der Waals surface area contributed by atoms with E-state index >= 15 is 0 Å². The summed E-state index contributed by atoms with van der Waals surface area (Å²) in [7, 11) is -3.93. The number of hydrogen-bond acceptors (Lipinski definition) is 9. The predicted octanol–water partition coefficient (Wildman–Crippen LogP) is 4.05. The predicted molar refractivity (Wildman–Crippen MR) is 158 cm³/mol. The summed E-state index contributed by atoms with van der Waals surface area (Å²) in [6.07, 6.45) is 1.62. The van der Waals surface area contributed by atoms with Crippen molar-refractivity contribution in [2.75, 3.05) is 57.4 Å². The van der Waals surface area contributed by atoms with Gasteiger partial charge in [-0.2, -0.15) is 14.8 Å². The number of aromatic nitrogens is 1. The van der Waals surface area contributed by atoms with Gasteiger partial charge in [0.25, 0.3) is 5.91 Å². The quantitative estimate of drug-likeness (QED) is 0.290. The second-order valence-corrected chi connectivity index (χ2v) is 12.6. The van der Waals surface area contributed by atoms with Crippen molar-refractivity contribution in [1.82, 2.24) is 14.2 Å². The highest BCUT2D eigenvalue weighted by Gasteiger charge is 2.26. The fourth-order valence-corrected chi connectivity index (χ4v) is 7.21. The molecule has 1 aromatic heterocycles. The Morgan fingerprint density at radius 2 is 1.73 bits per heavy atom. The summed E-state index contributed by atoms with van der Waals surface area (Å²) < 4.78 is 34.0. The molecule has 1 fully saturated rings. The topological polar surface area (TPSA) is 131 Å². The highest BCUT2D eigenvalue weighted by atomic mass is 32.2. The molecule has 0 unspecified atom stereocenters. The molecule has 4 rings (SSSR count). The number of nitriles is 2. The molecule has 216 valence electrons. The first kappa shape index (κ1) is 30.6. The van der Waals surface area contributed by atoms with Crippen LogP contribution in [0.2, 0.25) is 0 Å². The van der Waals surface area contributed by atoms with Crippen LogP contribution in [0.4, 0.5) is 5.13 Å². The molecule has 1 saturated heterocycles. The van der Waals surface area contributed by atoms with Crippen LogP contribution in [0.25, 0.3) is 10.2 Å². The number of anilines is 1. The summed E-state index contributed by atoms with van der Waals surface area (Å²) in [6.45, 7) is 6.51. The zero-order valence-corrected chi connectivity index (χ0v) is 24.8. The number of rotatable bonds is 13. The number of fused-ring (bicyclic) bond motifs is 1. The van der Waals surface area contributed by atoms with E-state index in [1.165, 1.54) is 35.6 Å². The molecule has 1 aliphatic heterocycles. The molecule has 1 aliphatic rings. The van der Waals surface area contributed by atoms with Crippen LogP contribution in [0, 0.1) is 22.7 Å². The van der Waals surface area contributed by atoms with Gasteiger partial charge in [-0.3, -0.25) is 14.6 Å². The molecule has 0 N–H and O–H groups in total. The van der Waals surface area contributed by atoms with Crippen molar-refractivity contribution in [1.29, 1.82) is 10.5 Å². The van der Waals surface area contributed by atoms with Crippen LogP contribution in [-0.2, 0) is 21.2 Å². The third-order valence-corrected chi connectivity index (χ3v) is 9.95. The molecule has 3 aromatic rings. The van der Waals surface area contributed by atoms with E-state index in [0.29, 0.717) is 30.5 Å². The van der Waals surface area contributed by atoms with Crippen LogP contribution in [0.1, 0.15) is 42.1 Å². The molecule has 0 atom stereocenters. The Bertz CT molecular complexity index is 1500. The molecular formula is C29H34N6O4S2. The van der Waals surface area contributed by atoms with Crippen molar-refractivity contribution < 1.29 is 17.9 Å². The summed E-state index contributed by atoms with van der Waals surface area (Å²) in [5.41, 5.74) is 2.38. The number of thiazole rings is 1. The molecule has 0 radical (unpaired) electrons. The van der Waals surface area contributed by atoms with Crippen LogP contribution < -0.4 is 4.90 Å². The normalized spacial score (nSPS) is 14.1. The zero-order valence-electron chi connectivity index (χ0n) is 23.2. The molecule has 1 amide bonds. The Kier molecular flexibility index (Phi) is 10.8. The van der Waals surface area contributed by atoms with E-state index in [0.717, 1.165) is 52.6 Å². The van der Waals surface area contributed by atoms with Gasteiger partial charge in [-0.25, -0.2) is 13.4 Å². The standard InChI is InChI=1S/C29H34N6O4S2/c1-2-23-7-3-8-26-27(23)32-29(40-26)35(18-6-15-33-19-21-39-22-20-33)28(36)24-9-11-25(12-10-24)41(37,38)34(16-4-13-30)17-5-14-31/h3,7-12H,2,4-6,15-22H2,1H3. The number of carbonyl (C=O) groups excluding carboxylic acids is 1. The van der Waals surface area contributed by atoms with Gasteiger partial charge in [0.15, 0.2) is 5.13 Å². The van der Waals surface area contributed by atoms with Gasteiger partial charge in [0.2, 0.25) is 10.0 Å². The number of carbonyl (C=O) groups is 1. The number of morpholine rings is 1. The van der Waals surface area contributed by atoms with Gasteiger partial charge in [-0.05, 0) is 48.7 Å². The molecule has 0 aliphatic carbocycles. The molecule has 12 heteroatoms. The van der Waals surface area contributed by atoms with Crippen LogP contribution in [0.15, 0.2) is 47.4 Å². The Morgan fingerprint density at radius 3 is 2.37 bits per heavy atom. The van der Waals surface area contributed by atoms with E-state index in [1.54, 1.807) is 4.90 Å². The molecule has 0 spiro atoms. The summed E-state index contributed by atoms with van der Waals surface area (Å²) >= 11 is 1.48. The molecule has 2 aromatic carbocycles. The molecule has 0 saturated carbocycles. The molecule has 41 heavy (non-hydrogen) atoms. The average Bonchev–Trinajstić information content (AvgIpc) is 3.44.